The molecule has 0 aliphatic rings. The average molecular weight is 335 g/mol. The summed E-state index contributed by atoms with van der Waals surface area (Å²) in [6, 6.07) is 4.14. The van der Waals surface area contributed by atoms with Crippen LogP contribution in [0.3, 0.4) is 0 Å². The van der Waals surface area contributed by atoms with E-state index >= 15 is 0 Å². The number of aliphatic hydroxyl groups is 1. The van der Waals surface area contributed by atoms with Crippen molar-refractivity contribution in [2.24, 2.45) is 5.92 Å². The monoisotopic (exact) mass is 334 g/mol. The standard InChI is InChI=1S/C14H23ClN2O3S/c1-10(2)14(8-17(3)4)16-21(19,20)12-6-5-11(9-18)13(15)7-12/h5-7,10,14,16,18H,8-9H2,1-4H3. The maximum atomic E-state index is 12.4. The fourth-order valence-corrected chi connectivity index (χ4v) is 3.57. The Morgan fingerprint density at radius 2 is 1.95 bits per heavy atom. The first-order valence-electron chi connectivity index (χ1n) is 6.73. The summed E-state index contributed by atoms with van der Waals surface area (Å²) in [7, 11) is 0.158. The van der Waals surface area contributed by atoms with Crippen LogP contribution in [0.5, 0.6) is 0 Å². The summed E-state index contributed by atoms with van der Waals surface area (Å²) in [5.41, 5.74) is 0.504. The predicted molar refractivity (Wildman–Crippen MR) is 84.9 cm³/mol. The van der Waals surface area contributed by atoms with Gasteiger partial charge in [-0.1, -0.05) is 31.5 Å². The lowest BCUT2D eigenvalue weighted by Crippen LogP contribution is -2.44. The Morgan fingerprint density at radius 3 is 2.38 bits per heavy atom. The molecular formula is C14H23ClN2O3S. The van der Waals surface area contributed by atoms with E-state index in [0.29, 0.717) is 12.1 Å². The van der Waals surface area contributed by atoms with Gasteiger partial charge in [-0.3, -0.25) is 0 Å². The summed E-state index contributed by atoms with van der Waals surface area (Å²) >= 11 is 5.96. The molecule has 0 amide bonds. The maximum Gasteiger partial charge on any atom is 0.240 e. The van der Waals surface area contributed by atoms with Gasteiger partial charge in [0.25, 0.3) is 0 Å². The van der Waals surface area contributed by atoms with E-state index in [1.165, 1.54) is 18.2 Å². The minimum Gasteiger partial charge on any atom is -0.392 e. The molecule has 0 spiro atoms. The molecule has 1 unspecified atom stereocenters. The van der Waals surface area contributed by atoms with E-state index in [4.69, 9.17) is 16.7 Å². The Hall–Kier alpha value is -0.660. The molecule has 120 valence electrons. The van der Waals surface area contributed by atoms with Crippen LogP contribution in [0, 0.1) is 5.92 Å². The third-order valence-corrected chi connectivity index (χ3v) is 5.02. The largest absolute Gasteiger partial charge is 0.392 e. The second-order valence-corrected chi connectivity index (χ2v) is 7.77. The van der Waals surface area contributed by atoms with Gasteiger partial charge in [0, 0.05) is 17.6 Å². The van der Waals surface area contributed by atoms with Gasteiger partial charge in [0.05, 0.1) is 11.5 Å². The number of hydrogen-bond donors (Lipinski definition) is 2. The summed E-state index contributed by atoms with van der Waals surface area (Å²) in [4.78, 5) is 2.05. The van der Waals surface area contributed by atoms with Crippen molar-refractivity contribution >= 4 is 21.6 Å². The number of halogens is 1. The second kappa shape index (κ2) is 7.56. The van der Waals surface area contributed by atoms with Crippen LogP contribution >= 0.6 is 11.6 Å². The normalized spacial score (nSPS) is 13.9. The van der Waals surface area contributed by atoms with E-state index in [1.807, 2.05) is 32.8 Å². The fraction of sp³-hybridized carbons (Fsp3) is 0.571. The van der Waals surface area contributed by atoms with Gasteiger partial charge in [-0.25, -0.2) is 13.1 Å². The highest BCUT2D eigenvalue weighted by Crippen LogP contribution is 2.21. The Kier molecular flexibility index (Phi) is 6.62. The summed E-state index contributed by atoms with van der Waals surface area (Å²) in [6.07, 6.45) is 0. The second-order valence-electron chi connectivity index (χ2n) is 5.65. The van der Waals surface area contributed by atoms with E-state index < -0.39 is 10.0 Å². The lowest BCUT2D eigenvalue weighted by atomic mass is 10.1. The van der Waals surface area contributed by atoms with Crippen molar-refractivity contribution in [2.75, 3.05) is 20.6 Å². The quantitative estimate of drug-likeness (QED) is 0.796. The van der Waals surface area contributed by atoms with E-state index in [2.05, 4.69) is 4.72 Å². The average Bonchev–Trinajstić information content (AvgIpc) is 2.36. The Bertz CT molecular complexity index is 574. The molecule has 5 nitrogen and oxygen atoms in total. The molecule has 21 heavy (non-hydrogen) atoms. The maximum absolute atomic E-state index is 12.4. The van der Waals surface area contributed by atoms with Gasteiger partial charge in [-0.2, -0.15) is 0 Å². The number of aliphatic hydroxyl groups excluding tert-OH is 1. The number of benzene rings is 1. The molecule has 7 heteroatoms. The van der Waals surface area contributed by atoms with Crippen LogP contribution in [0.25, 0.3) is 0 Å². The summed E-state index contributed by atoms with van der Waals surface area (Å²) < 4.78 is 27.6. The van der Waals surface area contributed by atoms with Crippen molar-refractivity contribution in [3.05, 3.63) is 28.8 Å². The summed E-state index contributed by atoms with van der Waals surface area (Å²) in [6.45, 7) is 4.33. The van der Waals surface area contributed by atoms with Gasteiger partial charge in [0.2, 0.25) is 10.0 Å². The summed E-state index contributed by atoms with van der Waals surface area (Å²) in [5, 5.41) is 9.32. The molecule has 0 aromatic heterocycles. The highest BCUT2D eigenvalue weighted by Gasteiger charge is 2.23. The third-order valence-electron chi connectivity index (χ3n) is 3.18. The lowest BCUT2D eigenvalue weighted by Gasteiger charge is -2.25. The zero-order valence-electron chi connectivity index (χ0n) is 12.8. The number of sulfonamides is 1. The van der Waals surface area contributed by atoms with E-state index in [9.17, 15) is 8.42 Å². The Morgan fingerprint density at radius 1 is 1.33 bits per heavy atom. The van der Waals surface area contributed by atoms with Crippen LogP contribution in [0.1, 0.15) is 19.4 Å². The van der Waals surface area contributed by atoms with E-state index in [1.54, 1.807) is 0 Å². The summed E-state index contributed by atoms with van der Waals surface area (Å²) in [5.74, 6) is 0.161. The lowest BCUT2D eigenvalue weighted by molar-refractivity contribution is 0.282. The minimum atomic E-state index is -3.64. The number of rotatable bonds is 7. The topological polar surface area (TPSA) is 69.6 Å². The third kappa shape index (κ3) is 5.23. The molecule has 2 N–H and O–H groups in total. The molecule has 0 heterocycles. The van der Waals surface area contributed by atoms with Crippen LogP contribution in [-0.2, 0) is 16.6 Å². The van der Waals surface area contributed by atoms with Gasteiger partial charge >= 0.3 is 0 Å². The number of nitrogens with zero attached hydrogens (tertiary/aromatic N) is 1. The highest BCUT2D eigenvalue weighted by atomic mass is 35.5. The van der Waals surface area contributed by atoms with Gasteiger partial charge in [-0.15, -0.1) is 0 Å². The Labute approximate surface area is 132 Å². The van der Waals surface area contributed by atoms with Gasteiger partial charge in [-0.05, 0) is 37.7 Å². The van der Waals surface area contributed by atoms with Crippen LogP contribution in [0.4, 0.5) is 0 Å². The van der Waals surface area contributed by atoms with Gasteiger partial charge in [0.1, 0.15) is 0 Å². The first-order chi connectivity index (χ1) is 9.67. The SMILES string of the molecule is CC(C)C(CN(C)C)NS(=O)(=O)c1ccc(CO)c(Cl)c1. The molecule has 0 saturated heterocycles. The number of nitrogens with one attached hydrogen (secondary N) is 1. The highest BCUT2D eigenvalue weighted by molar-refractivity contribution is 7.89. The van der Waals surface area contributed by atoms with Crippen molar-refractivity contribution in [2.45, 2.75) is 31.4 Å². The predicted octanol–water partition coefficient (Wildman–Crippen LogP) is 1.70. The number of hydrogen-bond acceptors (Lipinski definition) is 4. The van der Waals surface area contributed by atoms with Crippen molar-refractivity contribution in [3.63, 3.8) is 0 Å². The van der Waals surface area contributed by atoms with E-state index in [0.717, 1.165) is 0 Å². The molecular weight excluding hydrogens is 312 g/mol. The zero-order chi connectivity index (χ0) is 16.2. The smallest absolute Gasteiger partial charge is 0.240 e. The molecule has 0 radical (unpaired) electrons. The van der Waals surface area contributed by atoms with Crippen LogP contribution in [0.15, 0.2) is 23.1 Å². The molecule has 0 fully saturated rings. The Balaban J connectivity index is 3.01. The molecule has 0 aliphatic heterocycles. The van der Waals surface area contributed by atoms with Crippen molar-refractivity contribution in [1.82, 2.24) is 9.62 Å². The number of likely N-dealkylation sites (N-methyl/N-ethyl adjacent to an activating group) is 1. The van der Waals surface area contributed by atoms with Crippen LogP contribution < -0.4 is 4.72 Å². The molecule has 1 rings (SSSR count). The fourth-order valence-electron chi connectivity index (χ4n) is 1.87. The van der Waals surface area contributed by atoms with Gasteiger partial charge in [0.15, 0.2) is 0 Å². The molecule has 0 bridgehead atoms. The van der Waals surface area contributed by atoms with Crippen molar-refractivity contribution in [1.29, 1.82) is 0 Å². The van der Waals surface area contributed by atoms with E-state index in [-0.39, 0.29) is 28.5 Å². The van der Waals surface area contributed by atoms with Crippen molar-refractivity contribution in [3.8, 4) is 0 Å². The minimum absolute atomic E-state index is 0.106. The molecule has 0 saturated carbocycles. The molecule has 0 aliphatic carbocycles. The molecule has 1 aromatic carbocycles. The first kappa shape index (κ1) is 18.4. The van der Waals surface area contributed by atoms with Crippen LogP contribution in [0.2, 0.25) is 5.02 Å². The molecule has 1 atom stereocenters. The first-order valence-corrected chi connectivity index (χ1v) is 8.60. The van der Waals surface area contributed by atoms with Crippen LogP contribution in [-0.4, -0.2) is 45.1 Å². The van der Waals surface area contributed by atoms with Gasteiger partial charge < -0.3 is 10.0 Å². The zero-order valence-corrected chi connectivity index (χ0v) is 14.4. The van der Waals surface area contributed by atoms with Crippen molar-refractivity contribution < 1.29 is 13.5 Å². The molecule has 1 aromatic rings.